The van der Waals surface area contributed by atoms with Crippen molar-refractivity contribution in [1.29, 1.82) is 0 Å². The Kier molecular flexibility index (Phi) is 6.15. The summed E-state index contributed by atoms with van der Waals surface area (Å²) in [5, 5.41) is 2.76. The minimum atomic E-state index is -4.50. The quantitative estimate of drug-likeness (QED) is 0.321. The second-order valence-electron chi connectivity index (χ2n) is 6.26. The molecule has 0 fully saturated rings. The van der Waals surface area contributed by atoms with Gasteiger partial charge < -0.3 is 10.1 Å². The molecule has 154 valence electrons. The van der Waals surface area contributed by atoms with Crippen molar-refractivity contribution < 1.29 is 31.9 Å². The summed E-state index contributed by atoms with van der Waals surface area (Å²) in [6.45, 7) is -0.567. The summed E-state index contributed by atoms with van der Waals surface area (Å²) in [5.74, 6) is -1.86. The molecule has 3 aromatic carbocycles. The minimum Gasteiger partial charge on any atom is -0.454 e. The Bertz CT molecular complexity index is 1060. The number of alkyl halides is 3. The van der Waals surface area contributed by atoms with Crippen molar-refractivity contribution in [2.75, 3.05) is 11.9 Å². The smallest absolute Gasteiger partial charge is 0.416 e. The predicted octanol–water partition coefficient (Wildman–Crippen LogP) is 5.63. The van der Waals surface area contributed by atoms with E-state index in [1.807, 2.05) is 0 Å². The number of halogens is 4. The zero-order valence-corrected chi connectivity index (χ0v) is 15.4. The zero-order valence-electron chi connectivity index (χ0n) is 15.4. The molecule has 0 atom stereocenters. The second-order valence-corrected chi connectivity index (χ2v) is 6.26. The molecule has 0 bridgehead atoms. The van der Waals surface area contributed by atoms with Gasteiger partial charge in [-0.15, -0.1) is 0 Å². The molecule has 0 aliphatic carbocycles. The molecule has 0 unspecified atom stereocenters. The molecule has 0 amide bonds. The van der Waals surface area contributed by atoms with Gasteiger partial charge in [-0.1, -0.05) is 18.2 Å². The molecule has 0 saturated carbocycles. The Hall–Kier alpha value is -3.68. The highest BCUT2D eigenvalue weighted by atomic mass is 19.4. The maximum Gasteiger partial charge on any atom is 0.416 e. The van der Waals surface area contributed by atoms with Gasteiger partial charge in [-0.05, 0) is 54.6 Å². The molecular weight excluding hydrogens is 402 g/mol. The lowest BCUT2D eigenvalue weighted by Gasteiger charge is -2.13. The molecule has 8 heteroatoms. The van der Waals surface area contributed by atoms with Crippen LogP contribution in [0.3, 0.4) is 0 Å². The molecule has 0 aromatic heterocycles. The van der Waals surface area contributed by atoms with E-state index in [0.29, 0.717) is 0 Å². The van der Waals surface area contributed by atoms with E-state index < -0.39 is 35.9 Å². The van der Waals surface area contributed by atoms with Crippen molar-refractivity contribution in [3.05, 3.63) is 95.3 Å². The molecule has 0 saturated heterocycles. The van der Waals surface area contributed by atoms with Crippen LogP contribution in [-0.4, -0.2) is 18.4 Å². The normalized spacial score (nSPS) is 11.1. The van der Waals surface area contributed by atoms with Gasteiger partial charge in [0.25, 0.3) is 0 Å². The Morgan fingerprint density at radius 3 is 2.30 bits per heavy atom. The van der Waals surface area contributed by atoms with Crippen molar-refractivity contribution in [1.82, 2.24) is 0 Å². The van der Waals surface area contributed by atoms with E-state index in [2.05, 4.69) is 5.32 Å². The van der Waals surface area contributed by atoms with Gasteiger partial charge in [0.05, 0.1) is 16.8 Å². The van der Waals surface area contributed by atoms with Gasteiger partial charge in [-0.2, -0.15) is 13.2 Å². The Morgan fingerprint density at radius 2 is 1.60 bits per heavy atom. The number of anilines is 2. The molecule has 4 nitrogen and oxygen atoms in total. The van der Waals surface area contributed by atoms with E-state index in [4.69, 9.17) is 4.74 Å². The first kappa shape index (κ1) is 21.0. The third kappa shape index (κ3) is 5.22. The summed E-state index contributed by atoms with van der Waals surface area (Å²) in [6, 6.07) is 15.4. The number of esters is 1. The van der Waals surface area contributed by atoms with E-state index in [1.54, 1.807) is 12.1 Å². The van der Waals surface area contributed by atoms with Crippen LogP contribution in [0.4, 0.5) is 28.9 Å². The van der Waals surface area contributed by atoms with Gasteiger partial charge in [-0.25, -0.2) is 9.18 Å². The van der Waals surface area contributed by atoms with Crippen LogP contribution in [0, 0.1) is 5.82 Å². The van der Waals surface area contributed by atoms with Gasteiger partial charge in [0, 0.05) is 11.3 Å². The molecule has 1 N–H and O–H groups in total. The van der Waals surface area contributed by atoms with Gasteiger partial charge in [0.15, 0.2) is 12.4 Å². The number of ketones is 1. The third-order valence-corrected chi connectivity index (χ3v) is 4.12. The van der Waals surface area contributed by atoms with Gasteiger partial charge >= 0.3 is 12.1 Å². The minimum absolute atomic E-state index is 0.0433. The summed E-state index contributed by atoms with van der Waals surface area (Å²) >= 11 is 0. The van der Waals surface area contributed by atoms with Crippen LogP contribution >= 0.6 is 0 Å². The summed E-state index contributed by atoms with van der Waals surface area (Å²) in [5.41, 5.74) is -0.262. The highest BCUT2D eigenvalue weighted by Crippen LogP contribution is 2.32. The van der Waals surface area contributed by atoms with Crippen LogP contribution in [0.5, 0.6) is 0 Å². The number of para-hydroxylation sites is 1. The lowest BCUT2D eigenvalue weighted by Crippen LogP contribution is -2.15. The lowest BCUT2D eigenvalue weighted by molar-refractivity contribution is -0.137. The van der Waals surface area contributed by atoms with Crippen LogP contribution < -0.4 is 5.32 Å². The van der Waals surface area contributed by atoms with E-state index >= 15 is 0 Å². The van der Waals surface area contributed by atoms with Crippen LogP contribution in [-0.2, 0) is 10.9 Å². The molecule has 0 heterocycles. The average Bonchev–Trinajstić information content (AvgIpc) is 2.72. The van der Waals surface area contributed by atoms with Gasteiger partial charge in [0.1, 0.15) is 5.82 Å². The van der Waals surface area contributed by atoms with Crippen LogP contribution in [0.25, 0.3) is 0 Å². The van der Waals surface area contributed by atoms with Crippen LogP contribution in [0.15, 0.2) is 72.8 Å². The van der Waals surface area contributed by atoms with Crippen molar-refractivity contribution in [2.24, 2.45) is 0 Å². The van der Waals surface area contributed by atoms with Gasteiger partial charge in [-0.3, -0.25) is 4.79 Å². The highest BCUT2D eigenvalue weighted by Gasteiger charge is 2.30. The largest absolute Gasteiger partial charge is 0.454 e. The Morgan fingerprint density at radius 1 is 0.900 bits per heavy atom. The summed E-state index contributed by atoms with van der Waals surface area (Å²) < 4.78 is 56.7. The number of ether oxygens (including phenoxy) is 1. The number of carbonyl (C=O) groups excluding carboxylic acids is 2. The zero-order chi connectivity index (χ0) is 21.7. The van der Waals surface area contributed by atoms with Crippen molar-refractivity contribution in [3.8, 4) is 0 Å². The number of Topliss-reactive ketones (excluding diaryl/α,β-unsaturated/α-hetero) is 1. The monoisotopic (exact) mass is 417 g/mol. The maximum absolute atomic E-state index is 12.9. The fourth-order valence-corrected chi connectivity index (χ4v) is 2.63. The molecule has 3 rings (SSSR count). The van der Waals surface area contributed by atoms with Crippen LogP contribution in [0.2, 0.25) is 0 Å². The van der Waals surface area contributed by atoms with E-state index in [1.165, 1.54) is 36.4 Å². The number of hydrogen-bond acceptors (Lipinski definition) is 4. The first-order valence-electron chi connectivity index (χ1n) is 8.73. The molecule has 0 spiro atoms. The Balaban J connectivity index is 1.72. The lowest BCUT2D eigenvalue weighted by atomic mass is 10.1. The summed E-state index contributed by atoms with van der Waals surface area (Å²) in [7, 11) is 0. The molecule has 30 heavy (non-hydrogen) atoms. The van der Waals surface area contributed by atoms with Gasteiger partial charge in [0.2, 0.25) is 0 Å². The van der Waals surface area contributed by atoms with Crippen molar-refractivity contribution in [3.63, 3.8) is 0 Å². The fraction of sp³-hybridized carbons (Fsp3) is 0.0909. The SMILES string of the molecule is O=C(COC(=O)c1ccccc1Nc1cccc(C(F)(F)F)c1)c1ccc(F)cc1. The summed E-state index contributed by atoms with van der Waals surface area (Å²) in [6.07, 6.45) is -4.50. The Labute approximate surface area is 169 Å². The average molecular weight is 417 g/mol. The number of carbonyl (C=O) groups is 2. The van der Waals surface area contributed by atoms with E-state index in [0.717, 1.165) is 24.3 Å². The number of hydrogen-bond donors (Lipinski definition) is 1. The second kappa shape index (κ2) is 8.77. The molecule has 0 aliphatic rings. The van der Waals surface area contributed by atoms with E-state index in [-0.39, 0.29) is 22.5 Å². The van der Waals surface area contributed by atoms with Crippen LogP contribution in [0.1, 0.15) is 26.3 Å². The first-order valence-corrected chi connectivity index (χ1v) is 8.73. The first-order chi connectivity index (χ1) is 14.2. The van der Waals surface area contributed by atoms with E-state index in [9.17, 15) is 27.2 Å². The third-order valence-electron chi connectivity index (χ3n) is 4.12. The number of nitrogens with one attached hydrogen (secondary N) is 1. The standard InChI is InChI=1S/C22H15F4NO3/c23-16-10-8-14(9-11-16)20(28)13-30-21(29)18-6-1-2-7-19(18)27-17-5-3-4-15(12-17)22(24,25)26/h1-12,27H,13H2. The topological polar surface area (TPSA) is 55.4 Å². The molecular formula is C22H15F4NO3. The van der Waals surface area contributed by atoms with Crippen molar-refractivity contribution >= 4 is 23.1 Å². The molecule has 3 aromatic rings. The predicted molar refractivity (Wildman–Crippen MR) is 102 cm³/mol. The number of benzene rings is 3. The maximum atomic E-state index is 12.9. The highest BCUT2D eigenvalue weighted by molar-refractivity contribution is 6.01. The summed E-state index contributed by atoms with van der Waals surface area (Å²) in [4.78, 5) is 24.5. The number of rotatable bonds is 6. The molecule has 0 radical (unpaired) electrons. The fourth-order valence-electron chi connectivity index (χ4n) is 2.63. The van der Waals surface area contributed by atoms with Crippen molar-refractivity contribution in [2.45, 2.75) is 6.18 Å². The molecule has 0 aliphatic heterocycles.